The highest BCUT2D eigenvalue weighted by Gasteiger charge is 2.16. The zero-order valence-corrected chi connectivity index (χ0v) is 20.9. The molecule has 1 fully saturated rings. The summed E-state index contributed by atoms with van der Waals surface area (Å²) < 4.78 is 9.65. The number of aromatic nitrogens is 5. The van der Waals surface area contributed by atoms with Crippen LogP contribution in [0.25, 0.3) is 0 Å². The zero-order chi connectivity index (χ0) is 21.5. The predicted octanol–water partition coefficient (Wildman–Crippen LogP) is 2.40. The van der Waals surface area contributed by atoms with Crippen molar-refractivity contribution in [1.82, 2.24) is 35.2 Å². The van der Waals surface area contributed by atoms with Gasteiger partial charge in [-0.3, -0.25) is 4.68 Å². The van der Waals surface area contributed by atoms with Gasteiger partial charge in [-0.15, -0.1) is 34.2 Å². The van der Waals surface area contributed by atoms with Crippen molar-refractivity contribution in [2.75, 3.05) is 13.2 Å². The summed E-state index contributed by atoms with van der Waals surface area (Å²) in [5, 5.41) is 19.5. The molecule has 0 amide bonds. The smallest absolute Gasteiger partial charge is 0.192 e. The lowest BCUT2D eigenvalue weighted by Gasteiger charge is -2.16. The monoisotopic (exact) mass is 550 g/mol. The van der Waals surface area contributed by atoms with Gasteiger partial charge in [0.05, 0.1) is 25.7 Å². The molecule has 1 aliphatic heterocycles. The van der Waals surface area contributed by atoms with Crippen LogP contribution in [-0.2, 0) is 31.4 Å². The van der Waals surface area contributed by atoms with Gasteiger partial charge < -0.3 is 19.9 Å². The minimum atomic E-state index is 0. The first-order chi connectivity index (χ1) is 15.2. The van der Waals surface area contributed by atoms with E-state index in [1.54, 1.807) is 6.20 Å². The van der Waals surface area contributed by atoms with Crippen molar-refractivity contribution in [3.05, 3.63) is 65.5 Å². The second-order valence-corrected chi connectivity index (χ2v) is 7.73. The van der Waals surface area contributed by atoms with Crippen LogP contribution in [0.4, 0.5) is 0 Å². The molecule has 1 unspecified atom stereocenters. The van der Waals surface area contributed by atoms with Crippen LogP contribution in [0.5, 0.6) is 0 Å². The van der Waals surface area contributed by atoms with E-state index in [0.717, 1.165) is 50.1 Å². The Bertz CT molecular complexity index is 995. The number of nitrogens with one attached hydrogen (secondary N) is 2. The summed E-state index contributed by atoms with van der Waals surface area (Å²) in [5.74, 6) is 2.49. The SMILES string of the molecule is Cc1nnc(CNC(=NCc2ccccc2Cn2cccn2)NCC2CCCO2)n1C.I. The van der Waals surface area contributed by atoms with Gasteiger partial charge in [0.1, 0.15) is 5.82 Å². The van der Waals surface area contributed by atoms with Crippen LogP contribution >= 0.6 is 24.0 Å². The van der Waals surface area contributed by atoms with Crippen LogP contribution in [0.3, 0.4) is 0 Å². The van der Waals surface area contributed by atoms with Crippen molar-refractivity contribution in [3.63, 3.8) is 0 Å². The summed E-state index contributed by atoms with van der Waals surface area (Å²) in [6.07, 6.45) is 6.20. The van der Waals surface area contributed by atoms with E-state index in [0.29, 0.717) is 13.1 Å². The number of aryl methyl sites for hydroxylation is 1. The van der Waals surface area contributed by atoms with Gasteiger partial charge in [-0.2, -0.15) is 5.10 Å². The fourth-order valence-corrected chi connectivity index (χ4v) is 3.56. The molecule has 10 heteroatoms. The highest BCUT2D eigenvalue weighted by molar-refractivity contribution is 14.0. The fraction of sp³-hybridized carbons (Fsp3) is 0.455. The third-order valence-electron chi connectivity index (χ3n) is 5.54. The summed E-state index contributed by atoms with van der Waals surface area (Å²) in [4.78, 5) is 4.85. The normalized spacial score (nSPS) is 16.1. The predicted molar refractivity (Wildman–Crippen MR) is 134 cm³/mol. The lowest BCUT2D eigenvalue weighted by atomic mass is 10.1. The van der Waals surface area contributed by atoms with Gasteiger partial charge in [-0.25, -0.2) is 4.99 Å². The molecule has 0 saturated carbocycles. The number of hydrogen-bond acceptors (Lipinski definition) is 5. The molecule has 0 bridgehead atoms. The largest absolute Gasteiger partial charge is 0.376 e. The lowest BCUT2D eigenvalue weighted by molar-refractivity contribution is 0.113. The maximum atomic E-state index is 5.75. The molecule has 1 aliphatic rings. The van der Waals surface area contributed by atoms with Crippen LogP contribution in [0.15, 0.2) is 47.7 Å². The molecule has 0 aliphatic carbocycles. The molecular formula is C22H31IN8O. The average molecular weight is 550 g/mol. The van der Waals surface area contributed by atoms with E-state index in [2.05, 4.69) is 44.1 Å². The number of halogens is 1. The highest BCUT2D eigenvalue weighted by Crippen LogP contribution is 2.13. The first kappa shape index (κ1) is 24.2. The van der Waals surface area contributed by atoms with E-state index in [-0.39, 0.29) is 30.1 Å². The molecule has 2 N–H and O–H groups in total. The molecule has 4 rings (SSSR count). The second kappa shape index (κ2) is 12.0. The Morgan fingerprint density at radius 2 is 2.03 bits per heavy atom. The van der Waals surface area contributed by atoms with Gasteiger partial charge in [-0.1, -0.05) is 24.3 Å². The van der Waals surface area contributed by atoms with Crippen LogP contribution in [-0.4, -0.2) is 49.8 Å². The van der Waals surface area contributed by atoms with Crippen LogP contribution in [0.2, 0.25) is 0 Å². The Kier molecular flexibility index (Phi) is 9.03. The Morgan fingerprint density at radius 1 is 1.19 bits per heavy atom. The van der Waals surface area contributed by atoms with Gasteiger partial charge in [-0.05, 0) is 37.0 Å². The Balaban J connectivity index is 0.00000289. The summed E-state index contributed by atoms with van der Waals surface area (Å²) in [6.45, 7) is 5.35. The number of benzene rings is 1. The third kappa shape index (κ3) is 6.52. The third-order valence-corrected chi connectivity index (χ3v) is 5.54. The van der Waals surface area contributed by atoms with Gasteiger partial charge in [0.15, 0.2) is 11.8 Å². The summed E-state index contributed by atoms with van der Waals surface area (Å²) >= 11 is 0. The van der Waals surface area contributed by atoms with Crippen molar-refractivity contribution >= 4 is 29.9 Å². The summed E-state index contributed by atoms with van der Waals surface area (Å²) in [7, 11) is 1.97. The van der Waals surface area contributed by atoms with Crippen molar-refractivity contribution in [2.24, 2.45) is 12.0 Å². The van der Waals surface area contributed by atoms with E-state index in [4.69, 9.17) is 9.73 Å². The van der Waals surface area contributed by atoms with Crippen molar-refractivity contribution in [2.45, 2.75) is 45.5 Å². The highest BCUT2D eigenvalue weighted by atomic mass is 127. The average Bonchev–Trinajstić information content (AvgIpc) is 3.54. The number of guanidine groups is 1. The minimum absolute atomic E-state index is 0. The van der Waals surface area contributed by atoms with E-state index in [9.17, 15) is 0 Å². The Hall–Kier alpha value is -2.47. The molecule has 3 heterocycles. The van der Waals surface area contributed by atoms with Crippen molar-refractivity contribution in [3.8, 4) is 0 Å². The molecule has 0 spiro atoms. The Morgan fingerprint density at radius 3 is 2.72 bits per heavy atom. The lowest BCUT2D eigenvalue weighted by Crippen LogP contribution is -2.41. The molecule has 2 aromatic heterocycles. The topological polar surface area (TPSA) is 94.2 Å². The van der Waals surface area contributed by atoms with Gasteiger partial charge in [0, 0.05) is 32.6 Å². The Labute approximate surface area is 205 Å². The number of aliphatic imine (C=N–C) groups is 1. The number of hydrogen-bond donors (Lipinski definition) is 2. The fourth-order valence-electron chi connectivity index (χ4n) is 3.56. The van der Waals surface area contributed by atoms with E-state index >= 15 is 0 Å². The molecule has 172 valence electrons. The van der Waals surface area contributed by atoms with E-state index in [1.165, 1.54) is 11.1 Å². The van der Waals surface area contributed by atoms with Crippen LogP contribution in [0.1, 0.15) is 35.6 Å². The second-order valence-electron chi connectivity index (χ2n) is 7.73. The van der Waals surface area contributed by atoms with Gasteiger partial charge >= 0.3 is 0 Å². The molecule has 1 atom stereocenters. The van der Waals surface area contributed by atoms with E-state index < -0.39 is 0 Å². The zero-order valence-electron chi connectivity index (χ0n) is 18.6. The summed E-state index contributed by atoms with van der Waals surface area (Å²) in [5.41, 5.74) is 2.38. The van der Waals surface area contributed by atoms with Crippen LogP contribution in [0, 0.1) is 6.92 Å². The standard InChI is InChI=1S/C22H30N8O.HI/c1-17-27-28-21(29(17)2)15-25-22(24-14-20-9-5-12-31-20)23-13-18-7-3-4-8-19(18)16-30-11-6-10-26-30;/h3-4,6-8,10-11,20H,5,9,12-16H2,1-2H3,(H2,23,24,25);1H. The maximum absolute atomic E-state index is 5.75. The van der Waals surface area contributed by atoms with Crippen molar-refractivity contribution in [1.29, 1.82) is 0 Å². The quantitative estimate of drug-likeness (QED) is 0.254. The molecule has 3 aromatic rings. The molecule has 32 heavy (non-hydrogen) atoms. The minimum Gasteiger partial charge on any atom is -0.376 e. The number of rotatable bonds is 8. The molecular weight excluding hydrogens is 519 g/mol. The molecule has 9 nitrogen and oxygen atoms in total. The molecule has 0 radical (unpaired) electrons. The maximum Gasteiger partial charge on any atom is 0.192 e. The number of ether oxygens (including phenoxy) is 1. The molecule has 1 saturated heterocycles. The summed E-state index contributed by atoms with van der Waals surface area (Å²) in [6, 6.07) is 10.3. The first-order valence-electron chi connectivity index (χ1n) is 10.7. The van der Waals surface area contributed by atoms with Crippen molar-refractivity contribution < 1.29 is 4.74 Å². The number of nitrogens with zero attached hydrogens (tertiary/aromatic N) is 6. The van der Waals surface area contributed by atoms with Gasteiger partial charge in [0.25, 0.3) is 0 Å². The van der Waals surface area contributed by atoms with E-state index in [1.807, 2.05) is 41.5 Å². The molecule has 1 aromatic carbocycles. The first-order valence-corrected chi connectivity index (χ1v) is 10.7. The van der Waals surface area contributed by atoms with Gasteiger partial charge in [0.2, 0.25) is 0 Å². The van der Waals surface area contributed by atoms with Crippen LogP contribution < -0.4 is 10.6 Å².